The first kappa shape index (κ1) is 18.7. The van der Waals surface area contributed by atoms with E-state index < -0.39 is 0 Å². The summed E-state index contributed by atoms with van der Waals surface area (Å²) in [6.07, 6.45) is 0. The van der Waals surface area contributed by atoms with Gasteiger partial charge in [0.15, 0.2) is 18.1 Å². The predicted molar refractivity (Wildman–Crippen MR) is 97.5 cm³/mol. The van der Waals surface area contributed by atoms with Crippen molar-refractivity contribution in [2.45, 2.75) is 4.90 Å². The molecule has 0 aliphatic carbocycles. The van der Waals surface area contributed by atoms with E-state index in [1.165, 1.54) is 7.11 Å². The Kier molecular flexibility index (Phi) is 7.16. The van der Waals surface area contributed by atoms with Crippen LogP contribution in [0.1, 0.15) is 10.4 Å². The van der Waals surface area contributed by atoms with Gasteiger partial charge in [0.25, 0.3) is 11.8 Å². The van der Waals surface area contributed by atoms with Gasteiger partial charge in [-0.3, -0.25) is 9.59 Å². The number of para-hydroxylation sites is 2. The number of thiol groups is 1. The lowest BCUT2D eigenvalue weighted by Gasteiger charge is -2.11. The molecule has 0 saturated heterocycles. The Bertz CT molecular complexity index is 737. The smallest absolute Gasteiger partial charge is 0.258 e. The van der Waals surface area contributed by atoms with E-state index in [0.717, 1.165) is 0 Å². The van der Waals surface area contributed by atoms with Crippen LogP contribution in [0.2, 0.25) is 0 Å². The molecule has 0 heterocycles. The number of nitrogens with one attached hydrogen (secondary N) is 2. The van der Waals surface area contributed by atoms with Gasteiger partial charge in [-0.05, 0) is 24.3 Å². The number of rotatable bonds is 8. The lowest BCUT2D eigenvalue weighted by molar-refractivity contribution is -0.123. The average molecular weight is 360 g/mol. The summed E-state index contributed by atoms with van der Waals surface area (Å²) in [6.45, 7) is 0.476. The number of hydrogen-bond donors (Lipinski definition) is 3. The van der Waals surface area contributed by atoms with E-state index >= 15 is 0 Å². The molecule has 132 valence electrons. The molecular weight excluding hydrogens is 340 g/mol. The highest BCUT2D eigenvalue weighted by molar-refractivity contribution is 7.80. The summed E-state index contributed by atoms with van der Waals surface area (Å²) in [4.78, 5) is 24.4. The van der Waals surface area contributed by atoms with Crippen molar-refractivity contribution in [3.05, 3.63) is 54.1 Å². The Morgan fingerprint density at radius 3 is 2.32 bits per heavy atom. The van der Waals surface area contributed by atoms with Gasteiger partial charge >= 0.3 is 0 Å². The second-order valence-electron chi connectivity index (χ2n) is 5.06. The third-order valence-corrected chi connectivity index (χ3v) is 3.70. The molecule has 0 fully saturated rings. The summed E-state index contributed by atoms with van der Waals surface area (Å²) in [7, 11) is 1.54. The summed E-state index contributed by atoms with van der Waals surface area (Å²) in [5.41, 5.74) is 0.497. The molecule has 0 saturated carbocycles. The van der Waals surface area contributed by atoms with Gasteiger partial charge in [-0.2, -0.15) is 0 Å². The quantitative estimate of drug-likeness (QED) is 0.496. The van der Waals surface area contributed by atoms with Gasteiger partial charge in [-0.25, -0.2) is 0 Å². The Morgan fingerprint density at radius 1 is 0.960 bits per heavy atom. The third-order valence-electron chi connectivity index (χ3n) is 3.31. The van der Waals surface area contributed by atoms with Crippen LogP contribution < -0.4 is 20.1 Å². The topological polar surface area (TPSA) is 76.7 Å². The zero-order chi connectivity index (χ0) is 18.1. The molecule has 7 heteroatoms. The van der Waals surface area contributed by atoms with E-state index in [1.807, 2.05) is 6.07 Å². The molecule has 0 atom stereocenters. The molecule has 0 unspecified atom stereocenters. The summed E-state index contributed by atoms with van der Waals surface area (Å²) >= 11 is 4.24. The highest BCUT2D eigenvalue weighted by Gasteiger charge is 2.09. The second-order valence-corrected chi connectivity index (χ2v) is 5.54. The Hall–Kier alpha value is -2.67. The second kappa shape index (κ2) is 9.58. The van der Waals surface area contributed by atoms with E-state index in [1.54, 1.807) is 42.5 Å². The highest BCUT2D eigenvalue weighted by atomic mass is 32.1. The number of carbonyl (C=O) groups is 2. The minimum atomic E-state index is -0.283. The molecule has 2 N–H and O–H groups in total. The fraction of sp³-hybridized carbons (Fsp3) is 0.222. The fourth-order valence-corrected chi connectivity index (χ4v) is 2.33. The SMILES string of the molecule is COc1ccccc1OCC(=O)NCCNC(=O)c1ccccc1S. The summed E-state index contributed by atoms with van der Waals surface area (Å²) < 4.78 is 10.6. The number of carbonyl (C=O) groups excluding carboxylic acids is 2. The van der Waals surface area contributed by atoms with Crippen molar-refractivity contribution in [2.24, 2.45) is 0 Å². The van der Waals surface area contributed by atoms with Crippen LogP contribution in [0.3, 0.4) is 0 Å². The van der Waals surface area contributed by atoms with Crippen LogP contribution in [-0.2, 0) is 4.79 Å². The van der Waals surface area contributed by atoms with Gasteiger partial charge in [-0.1, -0.05) is 24.3 Å². The Morgan fingerprint density at radius 2 is 1.60 bits per heavy atom. The maximum Gasteiger partial charge on any atom is 0.258 e. The number of amides is 2. The summed E-state index contributed by atoms with van der Waals surface area (Å²) in [5.74, 6) is 0.548. The zero-order valence-corrected chi connectivity index (χ0v) is 14.7. The molecule has 0 aliphatic rings. The molecule has 2 amide bonds. The Balaban J connectivity index is 1.69. The Labute approximate surface area is 151 Å². The first-order valence-corrected chi connectivity index (χ1v) is 8.15. The molecule has 2 aromatic rings. The van der Waals surface area contributed by atoms with Crippen LogP contribution in [0.15, 0.2) is 53.4 Å². The lowest BCUT2D eigenvalue weighted by Crippen LogP contribution is -2.36. The van der Waals surface area contributed by atoms with E-state index in [0.29, 0.717) is 35.0 Å². The summed E-state index contributed by atoms with van der Waals surface area (Å²) in [5, 5.41) is 5.40. The largest absolute Gasteiger partial charge is 0.493 e. The molecule has 25 heavy (non-hydrogen) atoms. The first-order chi connectivity index (χ1) is 12.1. The highest BCUT2D eigenvalue weighted by Crippen LogP contribution is 2.25. The minimum absolute atomic E-state index is 0.131. The van der Waals surface area contributed by atoms with E-state index in [9.17, 15) is 9.59 Å². The van der Waals surface area contributed by atoms with Crippen LogP contribution in [0.25, 0.3) is 0 Å². The van der Waals surface area contributed by atoms with Gasteiger partial charge in [0, 0.05) is 18.0 Å². The molecule has 6 nitrogen and oxygen atoms in total. The first-order valence-electron chi connectivity index (χ1n) is 7.70. The fourth-order valence-electron chi connectivity index (χ4n) is 2.07. The van der Waals surface area contributed by atoms with Crippen LogP contribution >= 0.6 is 12.6 Å². The van der Waals surface area contributed by atoms with Gasteiger partial charge in [0.05, 0.1) is 12.7 Å². The van der Waals surface area contributed by atoms with Crippen molar-refractivity contribution >= 4 is 24.4 Å². The third kappa shape index (κ3) is 5.72. The molecule has 0 bridgehead atoms. The van der Waals surface area contributed by atoms with Crippen molar-refractivity contribution in [1.29, 1.82) is 0 Å². The number of benzene rings is 2. The molecule has 0 aliphatic heterocycles. The van der Waals surface area contributed by atoms with Crippen molar-refractivity contribution < 1.29 is 19.1 Å². The van der Waals surface area contributed by atoms with Crippen molar-refractivity contribution in [2.75, 3.05) is 26.8 Å². The number of hydrogen-bond acceptors (Lipinski definition) is 5. The molecular formula is C18H20N2O4S. The van der Waals surface area contributed by atoms with Crippen molar-refractivity contribution in [3.8, 4) is 11.5 Å². The van der Waals surface area contributed by atoms with Gasteiger partial charge in [0.2, 0.25) is 0 Å². The molecule has 0 aromatic heterocycles. The number of methoxy groups -OCH3 is 1. The van der Waals surface area contributed by atoms with E-state index in [2.05, 4.69) is 23.3 Å². The van der Waals surface area contributed by atoms with E-state index in [-0.39, 0.29) is 18.4 Å². The zero-order valence-electron chi connectivity index (χ0n) is 13.8. The van der Waals surface area contributed by atoms with Crippen LogP contribution in [0.5, 0.6) is 11.5 Å². The van der Waals surface area contributed by atoms with Gasteiger partial charge < -0.3 is 20.1 Å². The monoisotopic (exact) mass is 360 g/mol. The molecule has 2 rings (SSSR count). The summed E-state index contributed by atoms with van der Waals surface area (Å²) in [6, 6.07) is 14.1. The van der Waals surface area contributed by atoms with Crippen LogP contribution in [-0.4, -0.2) is 38.6 Å². The molecule has 0 spiro atoms. The van der Waals surface area contributed by atoms with Crippen LogP contribution in [0.4, 0.5) is 0 Å². The van der Waals surface area contributed by atoms with Gasteiger partial charge in [-0.15, -0.1) is 12.6 Å². The van der Waals surface area contributed by atoms with Crippen molar-refractivity contribution in [3.63, 3.8) is 0 Å². The maximum atomic E-state index is 12.0. The van der Waals surface area contributed by atoms with E-state index in [4.69, 9.17) is 9.47 Å². The predicted octanol–water partition coefficient (Wildman–Crippen LogP) is 1.91. The maximum absolute atomic E-state index is 12.0. The normalized spacial score (nSPS) is 10.0. The van der Waals surface area contributed by atoms with Gasteiger partial charge in [0.1, 0.15) is 0 Å². The molecule has 2 aromatic carbocycles. The standard InChI is InChI=1S/C18H20N2O4S/c1-23-14-7-3-4-8-15(14)24-12-17(21)19-10-11-20-18(22)13-6-2-5-9-16(13)25/h2-9,25H,10-12H2,1H3,(H,19,21)(H,20,22). The average Bonchev–Trinajstić information content (AvgIpc) is 2.64. The lowest BCUT2D eigenvalue weighted by atomic mass is 10.2. The number of ether oxygens (including phenoxy) is 2. The minimum Gasteiger partial charge on any atom is -0.493 e. The molecule has 0 radical (unpaired) electrons. The van der Waals surface area contributed by atoms with Crippen LogP contribution in [0, 0.1) is 0 Å². The van der Waals surface area contributed by atoms with Crippen molar-refractivity contribution in [1.82, 2.24) is 10.6 Å².